The molecule has 1 aliphatic heterocycles. The van der Waals surface area contributed by atoms with E-state index in [1.165, 1.54) is 24.7 Å². The van der Waals surface area contributed by atoms with Gasteiger partial charge in [-0.25, -0.2) is 9.97 Å². The summed E-state index contributed by atoms with van der Waals surface area (Å²) in [5, 5.41) is 9.23. The molecular weight excluding hydrogens is 208 g/mol. The molecule has 0 atom stereocenters. The lowest BCUT2D eigenvalue weighted by molar-refractivity contribution is 0.473. The lowest BCUT2D eigenvalue weighted by atomic mass is 10.4. The Bertz CT molecular complexity index is 639. The number of hydrogen-bond acceptors (Lipinski definition) is 6. The molecule has 0 unspecified atom stereocenters. The van der Waals surface area contributed by atoms with Gasteiger partial charge >= 0.3 is 0 Å². The molecule has 0 bridgehead atoms. The second kappa shape index (κ2) is 3.22. The molecule has 1 aliphatic rings. The number of hydrogen-bond donors (Lipinski definition) is 1. The van der Waals surface area contributed by atoms with Gasteiger partial charge in [-0.05, 0) is 4.99 Å². The molecule has 0 amide bonds. The van der Waals surface area contributed by atoms with Crippen LogP contribution in [0.3, 0.4) is 0 Å². The summed E-state index contributed by atoms with van der Waals surface area (Å²) in [7, 11) is 0. The van der Waals surface area contributed by atoms with Gasteiger partial charge in [-0.2, -0.15) is 4.99 Å². The van der Waals surface area contributed by atoms with Gasteiger partial charge in [-0.1, -0.05) is 0 Å². The van der Waals surface area contributed by atoms with Crippen LogP contribution < -0.4 is 0 Å². The molecule has 6 heteroatoms. The maximum atomic E-state index is 9.23. The summed E-state index contributed by atoms with van der Waals surface area (Å²) >= 11 is 0. The first-order valence-corrected chi connectivity index (χ1v) is 4.47. The monoisotopic (exact) mass is 213 g/mol. The van der Waals surface area contributed by atoms with Crippen molar-refractivity contribution < 1.29 is 9.52 Å². The van der Waals surface area contributed by atoms with E-state index in [0.29, 0.717) is 22.8 Å². The van der Waals surface area contributed by atoms with E-state index in [9.17, 15) is 5.11 Å². The molecule has 1 N–H and O–H groups in total. The summed E-state index contributed by atoms with van der Waals surface area (Å²) in [5.41, 5.74) is 1.32. The fourth-order valence-electron chi connectivity index (χ4n) is 1.30. The molecule has 0 aromatic carbocycles. The first kappa shape index (κ1) is 8.70. The number of nitrogens with zero attached hydrogens (tertiary/aromatic N) is 4. The molecular formula is C10H5N4O2+. The van der Waals surface area contributed by atoms with Crippen molar-refractivity contribution in [3.05, 3.63) is 30.6 Å². The Morgan fingerprint density at radius 2 is 2.31 bits per heavy atom. The lowest BCUT2D eigenvalue weighted by Crippen LogP contribution is -2.03. The standard InChI is InChI=1S/C10H4N4O2/c15-6-3-7-9(13-4-6)16-10(14-7)8-5-11-1-2-12-8/h2-5H/p+1. The van der Waals surface area contributed by atoms with Crippen LogP contribution in [0.15, 0.2) is 32.9 Å². The zero-order chi connectivity index (χ0) is 11.0. The lowest BCUT2D eigenvalue weighted by Gasteiger charge is -1.86. The molecule has 6 nitrogen and oxygen atoms in total. The first-order chi connectivity index (χ1) is 7.83. The molecule has 0 aliphatic carbocycles. The normalized spacial score (nSPS) is 13.9. The van der Waals surface area contributed by atoms with E-state index in [0.717, 1.165) is 0 Å². The molecule has 3 rings (SSSR count). The van der Waals surface area contributed by atoms with Crippen LogP contribution in [0.25, 0.3) is 11.2 Å². The van der Waals surface area contributed by atoms with Crippen molar-refractivity contribution in [2.24, 2.45) is 9.98 Å². The van der Waals surface area contributed by atoms with Crippen LogP contribution in [0.4, 0.5) is 0 Å². The highest BCUT2D eigenvalue weighted by Crippen LogP contribution is 2.18. The number of aromatic hydroxyl groups is 1. The smallest absolute Gasteiger partial charge is 0.271 e. The fourth-order valence-corrected chi connectivity index (χ4v) is 1.30. The molecule has 0 saturated carbocycles. The van der Waals surface area contributed by atoms with Crippen molar-refractivity contribution in [2.45, 2.75) is 0 Å². The van der Waals surface area contributed by atoms with Crippen molar-refractivity contribution in [2.75, 3.05) is 0 Å². The fraction of sp³-hybridized carbons (Fsp3) is 0. The van der Waals surface area contributed by atoms with Crippen molar-refractivity contribution in [1.82, 2.24) is 9.97 Å². The van der Waals surface area contributed by atoms with Crippen LogP contribution in [0.1, 0.15) is 5.89 Å². The Balaban J connectivity index is 2.15. The van der Waals surface area contributed by atoms with Gasteiger partial charge in [-0.3, -0.25) is 0 Å². The molecule has 2 aromatic heterocycles. The third-order valence-corrected chi connectivity index (χ3v) is 1.97. The van der Waals surface area contributed by atoms with E-state index >= 15 is 0 Å². The van der Waals surface area contributed by atoms with Gasteiger partial charge in [0.2, 0.25) is 23.8 Å². The average molecular weight is 213 g/mol. The Hall–Kier alpha value is -2.59. The van der Waals surface area contributed by atoms with Crippen LogP contribution in [0.2, 0.25) is 0 Å². The molecule has 0 fully saturated rings. The highest BCUT2D eigenvalue weighted by atomic mass is 16.4. The van der Waals surface area contributed by atoms with E-state index in [1.807, 2.05) is 0 Å². The van der Waals surface area contributed by atoms with Crippen LogP contribution in [0.5, 0.6) is 5.75 Å². The number of fused-ring (bicyclic) bond motifs is 1. The summed E-state index contributed by atoms with van der Waals surface area (Å²) in [6.45, 7) is 0. The number of aliphatic imine (C=N–C) groups is 2. The van der Waals surface area contributed by atoms with Crippen LogP contribution in [0, 0.1) is 6.20 Å². The summed E-state index contributed by atoms with van der Waals surface area (Å²) in [5.74, 6) is 0.356. The van der Waals surface area contributed by atoms with E-state index in [4.69, 9.17) is 4.42 Å². The van der Waals surface area contributed by atoms with E-state index in [-0.39, 0.29) is 5.75 Å². The second-order valence-electron chi connectivity index (χ2n) is 3.07. The number of aromatic nitrogens is 2. The molecule has 76 valence electrons. The zero-order valence-corrected chi connectivity index (χ0v) is 7.95. The van der Waals surface area contributed by atoms with Gasteiger partial charge in [0.15, 0.2) is 6.20 Å². The van der Waals surface area contributed by atoms with Gasteiger partial charge in [0.25, 0.3) is 5.89 Å². The third kappa shape index (κ3) is 1.34. The summed E-state index contributed by atoms with van der Waals surface area (Å²) < 4.78 is 5.36. The maximum Gasteiger partial charge on any atom is 0.271 e. The molecule has 3 heterocycles. The van der Waals surface area contributed by atoms with Crippen LogP contribution in [-0.4, -0.2) is 27.0 Å². The zero-order valence-electron chi connectivity index (χ0n) is 7.95. The minimum atomic E-state index is 0.0415. The van der Waals surface area contributed by atoms with Crippen molar-refractivity contribution in [3.8, 4) is 5.75 Å². The second-order valence-corrected chi connectivity index (χ2v) is 3.07. The summed E-state index contributed by atoms with van der Waals surface area (Å²) in [6.07, 6.45) is 6.77. The highest BCUT2D eigenvalue weighted by molar-refractivity contribution is 6.37. The molecule has 16 heavy (non-hydrogen) atoms. The van der Waals surface area contributed by atoms with Gasteiger partial charge in [0.05, 0.1) is 6.20 Å². The molecule has 0 saturated heterocycles. The number of rotatable bonds is 1. The third-order valence-electron chi connectivity index (χ3n) is 1.97. The minimum absolute atomic E-state index is 0.0415. The molecule has 0 radical (unpaired) electrons. The number of oxazole rings is 1. The Kier molecular flexibility index (Phi) is 1.75. The quantitative estimate of drug-likeness (QED) is 0.718. The minimum Gasteiger partial charge on any atom is -0.506 e. The highest BCUT2D eigenvalue weighted by Gasteiger charge is 2.17. The van der Waals surface area contributed by atoms with Crippen molar-refractivity contribution >= 4 is 23.2 Å². The topological polar surface area (TPSA) is 83.9 Å². The SMILES string of the molecule is Oc1cnc2oc(C3=NC=[C+]N=C3)nc2c1. The van der Waals surface area contributed by atoms with E-state index < -0.39 is 0 Å². The first-order valence-electron chi connectivity index (χ1n) is 4.47. The van der Waals surface area contributed by atoms with E-state index in [1.54, 1.807) is 0 Å². The maximum absolute atomic E-state index is 9.23. The van der Waals surface area contributed by atoms with Crippen molar-refractivity contribution in [1.29, 1.82) is 0 Å². The largest absolute Gasteiger partial charge is 0.506 e. The number of pyridine rings is 1. The molecule has 2 aromatic rings. The van der Waals surface area contributed by atoms with Gasteiger partial charge in [-0.15, -0.1) is 0 Å². The Labute approximate surface area is 89.7 Å². The van der Waals surface area contributed by atoms with Crippen LogP contribution >= 0.6 is 0 Å². The predicted octanol–water partition coefficient (Wildman–Crippen LogP) is 1.08. The van der Waals surface area contributed by atoms with Gasteiger partial charge in [0, 0.05) is 6.07 Å². The van der Waals surface area contributed by atoms with E-state index in [2.05, 4.69) is 26.2 Å². The van der Waals surface area contributed by atoms with Crippen LogP contribution in [-0.2, 0) is 0 Å². The van der Waals surface area contributed by atoms with Crippen molar-refractivity contribution in [3.63, 3.8) is 0 Å². The Morgan fingerprint density at radius 3 is 3.12 bits per heavy atom. The van der Waals surface area contributed by atoms with Gasteiger partial charge in [0.1, 0.15) is 11.3 Å². The predicted molar refractivity (Wildman–Crippen MR) is 56.3 cm³/mol. The Morgan fingerprint density at radius 1 is 1.38 bits per heavy atom. The summed E-state index contributed by atoms with van der Waals surface area (Å²) in [4.78, 5) is 15.8. The summed E-state index contributed by atoms with van der Waals surface area (Å²) in [6, 6.07) is 1.47. The average Bonchev–Trinajstić information content (AvgIpc) is 2.73. The van der Waals surface area contributed by atoms with Gasteiger partial charge < -0.3 is 9.52 Å². The molecule has 0 spiro atoms.